The summed E-state index contributed by atoms with van der Waals surface area (Å²) in [5, 5.41) is -0.438. The molecule has 4 heteroatoms. The number of hydrogen-bond donors (Lipinski definition) is 0. The number of unbranched alkanes of at least 4 members (excludes halogenated alkanes) is 5. The van der Waals surface area contributed by atoms with Crippen LogP contribution in [0, 0.1) is 5.92 Å². The lowest BCUT2D eigenvalue weighted by Gasteiger charge is -2.38. The molecule has 0 spiro atoms. The van der Waals surface area contributed by atoms with Crippen molar-refractivity contribution in [1.82, 2.24) is 0 Å². The van der Waals surface area contributed by atoms with Gasteiger partial charge in [0.05, 0.1) is 10.5 Å². The Morgan fingerprint density at radius 2 is 1.52 bits per heavy atom. The lowest BCUT2D eigenvalue weighted by Crippen LogP contribution is -2.45. The maximum Gasteiger partial charge on any atom is 0.156 e. The van der Waals surface area contributed by atoms with Crippen LogP contribution in [0.4, 0.5) is 0 Å². The van der Waals surface area contributed by atoms with Gasteiger partial charge in [0.1, 0.15) is 5.78 Å². The molecule has 2 atom stereocenters. The van der Waals surface area contributed by atoms with Crippen molar-refractivity contribution in [3.05, 3.63) is 0 Å². The van der Waals surface area contributed by atoms with E-state index in [1.165, 1.54) is 25.7 Å². The van der Waals surface area contributed by atoms with Gasteiger partial charge in [0.15, 0.2) is 9.84 Å². The smallest absolute Gasteiger partial charge is 0.156 e. The van der Waals surface area contributed by atoms with Gasteiger partial charge < -0.3 is 0 Å². The van der Waals surface area contributed by atoms with Crippen molar-refractivity contribution >= 4 is 15.6 Å². The Labute approximate surface area is 129 Å². The Bertz CT molecular complexity index is 421. The summed E-state index contributed by atoms with van der Waals surface area (Å²) in [5.41, 5.74) is 0. The molecular formula is C17H30O3S. The van der Waals surface area contributed by atoms with E-state index in [4.69, 9.17) is 0 Å². The van der Waals surface area contributed by atoms with Crippen LogP contribution in [0.3, 0.4) is 0 Å². The SMILES string of the molecule is CCCCCCCCC(=O)C1CC2CCCC(C1)S2(=O)=O. The van der Waals surface area contributed by atoms with Crippen LogP contribution in [0.25, 0.3) is 0 Å². The minimum atomic E-state index is -2.92. The second-order valence-corrected chi connectivity index (χ2v) is 9.43. The number of carbonyl (C=O) groups excluding carboxylic acids is 1. The molecule has 21 heavy (non-hydrogen) atoms. The van der Waals surface area contributed by atoms with E-state index in [2.05, 4.69) is 6.92 Å². The van der Waals surface area contributed by atoms with Crippen molar-refractivity contribution < 1.29 is 13.2 Å². The molecular weight excluding hydrogens is 284 g/mol. The number of fused-ring (bicyclic) bond motifs is 2. The molecule has 0 N–H and O–H groups in total. The largest absolute Gasteiger partial charge is 0.299 e. The maximum atomic E-state index is 12.3. The molecule has 2 fully saturated rings. The molecule has 0 amide bonds. The maximum absolute atomic E-state index is 12.3. The summed E-state index contributed by atoms with van der Waals surface area (Å²) in [6.07, 6.45) is 11.6. The number of hydrogen-bond acceptors (Lipinski definition) is 3. The van der Waals surface area contributed by atoms with Crippen molar-refractivity contribution in [1.29, 1.82) is 0 Å². The molecule has 2 aliphatic heterocycles. The van der Waals surface area contributed by atoms with E-state index in [9.17, 15) is 13.2 Å². The van der Waals surface area contributed by atoms with Crippen LogP contribution >= 0.6 is 0 Å². The van der Waals surface area contributed by atoms with Gasteiger partial charge in [-0.2, -0.15) is 0 Å². The van der Waals surface area contributed by atoms with Crippen molar-refractivity contribution in [2.75, 3.05) is 0 Å². The molecule has 0 aromatic heterocycles. The highest BCUT2D eigenvalue weighted by Gasteiger charge is 2.45. The standard InChI is InChI=1S/C17H30O3S/c1-2-3-4-5-6-7-11-17(18)14-12-15-9-8-10-16(13-14)21(15,19)20/h14-16H,2-13H2,1H3. The molecule has 2 heterocycles. The molecule has 0 saturated carbocycles. The normalized spacial score (nSPS) is 31.0. The third-order valence-corrected chi connectivity index (χ3v) is 8.02. The monoisotopic (exact) mass is 314 g/mol. The van der Waals surface area contributed by atoms with Crippen LogP contribution in [-0.4, -0.2) is 24.7 Å². The summed E-state index contributed by atoms with van der Waals surface area (Å²) in [6.45, 7) is 2.21. The summed E-state index contributed by atoms with van der Waals surface area (Å²) >= 11 is 0. The van der Waals surface area contributed by atoms with Crippen LogP contribution in [0.2, 0.25) is 0 Å². The Hall–Kier alpha value is -0.380. The quantitative estimate of drug-likeness (QED) is 0.635. The molecule has 2 saturated heterocycles. The third-order valence-electron chi connectivity index (χ3n) is 5.31. The summed E-state index contributed by atoms with van der Waals surface area (Å²) in [6, 6.07) is 0. The fraction of sp³-hybridized carbons (Fsp3) is 0.941. The van der Waals surface area contributed by atoms with E-state index in [1.807, 2.05) is 0 Å². The average Bonchev–Trinajstić information content (AvgIpc) is 2.41. The van der Waals surface area contributed by atoms with E-state index in [0.29, 0.717) is 25.0 Å². The zero-order chi connectivity index (χ0) is 15.3. The average molecular weight is 314 g/mol. The van der Waals surface area contributed by atoms with E-state index < -0.39 is 9.84 Å². The van der Waals surface area contributed by atoms with E-state index in [0.717, 1.165) is 32.1 Å². The lowest BCUT2D eigenvalue weighted by molar-refractivity contribution is -0.123. The molecule has 0 aromatic rings. The predicted octanol–water partition coefficient (Wildman–Crippen LogP) is 4.05. The molecule has 2 bridgehead atoms. The Balaban J connectivity index is 1.74. The molecule has 0 aliphatic carbocycles. The van der Waals surface area contributed by atoms with Gasteiger partial charge in [-0.25, -0.2) is 8.42 Å². The van der Waals surface area contributed by atoms with E-state index >= 15 is 0 Å². The number of sulfone groups is 1. The molecule has 122 valence electrons. The highest BCUT2D eigenvalue weighted by molar-refractivity contribution is 7.92. The van der Waals surface area contributed by atoms with Crippen molar-refractivity contribution in [2.45, 2.75) is 94.5 Å². The number of Topliss-reactive ketones (excluding diaryl/α,β-unsaturated/α-hetero) is 1. The van der Waals surface area contributed by atoms with Gasteiger partial charge in [-0.3, -0.25) is 4.79 Å². The molecule has 3 nitrogen and oxygen atoms in total. The minimum Gasteiger partial charge on any atom is -0.299 e. The molecule has 0 aromatic carbocycles. The van der Waals surface area contributed by atoms with Crippen LogP contribution in [0.1, 0.15) is 84.0 Å². The second-order valence-electron chi connectivity index (χ2n) is 6.92. The van der Waals surface area contributed by atoms with Crippen LogP contribution in [0.5, 0.6) is 0 Å². The zero-order valence-electron chi connectivity index (χ0n) is 13.4. The molecule has 2 aliphatic rings. The molecule has 2 unspecified atom stereocenters. The zero-order valence-corrected chi connectivity index (χ0v) is 14.2. The van der Waals surface area contributed by atoms with Crippen LogP contribution in [-0.2, 0) is 14.6 Å². The van der Waals surface area contributed by atoms with Gasteiger partial charge >= 0.3 is 0 Å². The number of ketones is 1. The Morgan fingerprint density at radius 3 is 2.14 bits per heavy atom. The minimum absolute atomic E-state index is 0.0273. The van der Waals surface area contributed by atoms with Gasteiger partial charge in [0.25, 0.3) is 0 Å². The first-order chi connectivity index (χ1) is 10.1. The summed E-state index contributed by atoms with van der Waals surface area (Å²) in [7, 11) is -2.92. The summed E-state index contributed by atoms with van der Waals surface area (Å²) < 4.78 is 24.4. The second kappa shape index (κ2) is 7.75. The number of rotatable bonds is 8. The van der Waals surface area contributed by atoms with Gasteiger partial charge in [0.2, 0.25) is 0 Å². The van der Waals surface area contributed by atoms with Gasteiger partial charge in [-0.15, -0.1) is 0 Å². The van der Waals surface area contributed by atoms with E-state index in [1.54, 1.807) is 0 Å². The summed E-state index contributed by atoms with van der Waals surface area (Å²) in [5.74, 6) is 0.358. The topological polar surface area (TPSA) is 51.2 Å². The van der Waals surface area contributed by atoms with Gasteiger partial charge in [-0.05, 0) is 32.1 Å². The molecule has 2 rings (SSSR count). The first-order valence-electron chi connectivity index (χ1n) is 8.81. The molecule has 0 radical (unpaired) electrons. The fourth-order valence-corrected chi connectivity index (χ4v) is 6.49. The number of carbonyl (C=O) groups is 1. The van der Waals surface area contributed by atoms with Gasteiger partial charge in [0, 0.05) is 12.3 Å². The van der Waals surface area contributed by atoms with Gasteiger partial charge in [-0.1, -0.05) is 45.4 Å². The first kappa shape index (κ1) is 17.0. The highest BCUT2D eigenvalue weighted by atomic mass is 32.2. The van der Waals surface area contributed by atoms with Crippen molar-refractivity contribution in [2.24, 2.45) is 5.92 Å². The first-order valence-corrected chi connectivity index (χ1v) is 10.4. The summed E-state index contributed by atoms with van der Waals surface area (Å²) in [4.78, 5) is 12.3. The van der Waals surface area contributed by atoms with Crippen molar-refractivity contribution in [3.63, 3.8) is 0 Å². The lowest BCUT2D eigenvalue weighted by atomic mass is 9.85. The van der Waals surface area contributed by atoms with Crippen LogP contribution < -0.4 is 0 Å². The third kappa shape index (κ3) is 4.30. The fourth-order valence-electron chi connectivity index (χ4n) is 3.96. The highest BCUT2D eigenvalue weighted by Crippen LogP contribution is 2.40. The Kier molecular flexibility index (Phi) is 6.27. The predicted molar refractivity (Wildman–Crippen MR) is 86.1 cm³/mol. The van der Waals surface area contributed by atoms with E-state index in [-0.39, 0.29) is 16.4 Å². The van der Waals surface area contributed by atoms with Crippen molar-refractivity contribution in [3.8, 4) is 0 Å². The van der Waals surface area contributed by atoms with Crippen LogP contribution in [0.15, 0.2) is 0 Å². The Morgan fingerprint density at radius 1 is 0.952 bits per heavy atom.